The first-order valence-corrected chi connectivity index (χ1v) is 7.55. The molecule has 0 spiro atoms. The number of thioether (sulfide) groups is 1. The smallest absolute Gasteiger partial charge is 0.262 e. The van der Waals surface area contributed by atoms with Crippen LogP contribution in [0.2, 0.25) is 5.02 Å². The fourth-order valence-electron chi connectivity index (χ4n) is 1.71. The Hall–Kier alpha value is -2.06. The summed E-state index contributed by atoms with van der Waals surface area (Å²) in [5, 5.41) is 2.79. The van der Waals surface area contributed by atoms with E-state index in [0.29, 0.717) is 10.7 Å². The zero-order chi connectivity index (χ0) is 16.3. The lowest BCUT2D eigenvalue weighted by Gasteiger charge is -2.09. The normalized spacial score (nSPS) is 17.1. The number of guanidine groups is 1. The molecular weight excluding hydrogens is 326 g/mol. The van der Waals surface area contributed by atoms with E-state index in [4.69, 9.17) is 23.1 Å². The van der Waals surface area contributed by atoms with Gasteiger partial charge in [0.1, 0.15) is 5.25 Å². The molecule has 22 heavy (non-hydrogen) atoms. The monoisotopic (exact) mass is 339 g/mol. The SMILES string of the molecule is Cc1ccc(NC(=O)C[C@@H]2SC(N=C(N)N)=NC2=O)cc1Cl. The van der Waals surface area contributed by atoms with E-state index < -0.39 is 11.2 Å². The Bertz CT molecular complexity index is 685. The molecule has 7 nitrogen and oxygen atoms in total. The van der Waals surface area contributed by atoms with Crippen molar-refractivity contribution in [2.24, 2.45) is 21.5 Å². The first kappa shape index (κ1) is 16.3. The van der Waals surface area contributed by atoms with Crippen LogP contribution in [0.5, 0.6) is 0 Å². The summed E-state index contributed by atoms with van der Waals surface area (Å²) < 4.78 is 0. The number of halogens is 1. The molecule has 0 radical (unpaired) electrons. The summed E-state index contributed by atoms with van der Waals surface area (Å²) in [4.78, 5) is 31.1. The number of benzene rings is 1. The van der Waals surface area contributed by atoms with E-state index in [1.54, 1.807) is 18.2 Å². The number of carbonyl (C=O) groups is 2. The lowest BCUT2D eigenvalue weighted by Crippen LogP contribution is -2.23. The third-order valence-electron chi connectivity index (χ3n) is 2.78. The lowest BCUT2D eigenvalue weighted by atomic mass is 10.2. The van der Waals surface area contributed by atoms with Crippen LogP contribution in [-0.4, -0.2) is 28.2 Å². The number of anilines is 1. The molecule has 1 aliphatic rings. The molecule has 1 atom stereocenters. The second-order valence-corrected chi connectivity index (χ2v) is 6.17. The quantitative estimate of drug-likeness (QED) is 0.565. The van der Waals surface area contributed by atoms with Gasteiger partial charge in [0.2, 0.25) is 5.91 Å². The van der Waals surface area contributed by atoms with Gasteiger partial charge in [-0.2, -0.15) is 9.98 Å². The van der Waals surface area contributed by atoms with Crippen LogP contribution in [0.3, 0.4) is 0 Å². The van der Waals surface area contributed by atoms with Crippen LogP contribution in [0.15, 0.2) is 28.2 Å². The van der Waals surface area contributed by atoms with Crippen LogP contribution >= 0.6 is 23.4 Å². The van der Waals surface area contributed by atoms with Crippen LogP contribution in [0.4, 0.5) is 5.69 Å². The van der Waals surface area contributed by atoms with Gasteiger partial charge >= 0.3 is 0 Å². The molecular formula is C13H14ClN5O2S. The van der Waals surface area contributed by atoms with Gasteiger partial charge in [0.25, 0.3) is 5.91 Å². The molecule has 0 fully saturated rings. The minimum absolute atomic E-state index is 0.0258. The second-order valence-electron chi connectivity index (χ2n) is 4.59. The number of hydrogen-bond acceptors (Lipinski definition) is 4. The molecule has 2 rings (SSSR count). The van der Waals surface area contributed by atoms with Gasteiger partial charge in [0.15, 0.2) is 11.1 Å². The van der Waals surface area contributed by atoms with Crippen molar-refractivity contribution in [3.05, 3.63) is 28.8 Å². The van der Waals surface area contributed by atoms with Gasteiger partial charge in [-0.15, -0.1) is 0 Å². The third-order valence-corrected chi connectivity index (χ3v) is 4.23. The van der Waals surface area contributed by atoms with Gasteiger partial charge in [0.05, 0.1) is 0 Å². The summed E-state index contributed by atoms with van der Waals surface area (Å²) in [6.45, 7) is 1.87. The van der Waals surface area contributed by atoms with E-state index in [-0.39, 0.29) is 23.5 Å². The Balaban J connectivity index is 1.94. The van der Waals surface area contributed by atoms with Gasteiger partial charge < -0.3 is 16.8 Å². The van der Waals surface area contributed by atoms with E-state index >= 15 is 0 Å². The highest BCUT2D eigenvalue weighted by Crippen LogP contribution is 2.26. The maximum absolute atomic E-state index is 12.0. The first-order valence-electron chi connectivity index (χ1n) is 6.30. The summed E-state index contributed by atoms with van der Waals surface area (Å²) >= 11 is 7.05. The fourth-order valence-corrected chi connectivity index (χ4v) is 2.84. The van der Waals surface area contributed by atoms with Crippen molar-refractivity contribution in [2.75, 3.05) is 5.32 Å². The zero-order valence-electron chi connectivity index (χ0n) is 11.7. The van der Waals surface area contributed by atoms with Crippen molar-refractivity contribution >= 4 is 52.0 Å². The average Bonchev–Trinajstić information content (AvgIpc) is 2.73. The number of amides is 2. The summed E-state index contributed by atoms with van der Waals surface area (Å²) in [5.74, 6) is -0.924. The number of amidine groups is 1. The van der Waals surface area contributed by atoms with Crippen LogP contribution < -0.4 is 16.8 Å². The van der Waals surface area contributed by atoms with Crippen molar-refractivity contribution in [2.45, 2.75) is 18.6 Å². The Labute approximate surface area is 136 Å². The summed E-state index contributed by atoms with van der Waals surface area (Å²) in [6.07, 6.45) is -0.0258. The van der Waals surface area contributed by atoms with Crippen molar-refractivity contribution in [1.82, 2.24) is 0 Å². The van der Waals surface area contributed by atoms with E-state index in [1.165, 1.54) is 0 Å². The largest absolute Gasteiger partial charge is 0.370 e. The zero-order valence-corrected chi connectivity index (χ0v) is 13.2. The van der Waals surface area contributed by atoms with Crippen molar-refractivity contribution in [3.8, 4) is 0 Å². The van der Waals surface area contributed by atoms with Gasteiger partial charge in [-0.25, -0.2) is 0 Å². The van der Waals surface area contributed by atoms with Gasteiger partial charge in [0, 0.05) is 17.1 Å². The Morgan fingerprint density at radius 2 is 2.23 bits per heavy atom. The van der Waals surface area contributed by atoms with E-state index in [0.717, 1.165) is 17.3 Å². The predicted molar refractivity (Wildman–Crippen MR) is 89.1 cm³/mol. The van der Waals surface area contributed by atoms with Gasteiger partial charge in [-0.3, -0.25) is 9.59 Å². The summed E-state index contributed by atoms with van der Waals surface area (Å²) in [7, 11) is 0. The molecule has 0 bridgehead atoms. The van der Waals surface area contributed by atoms with Crippen LogP contribution in [0.25, 0.3) is 0 Å². The van der Waals surface area contributed by atoms with Crippen LogP contribution in [0, 0.1) is 6.92 Å². The Morgan fingerprint density at radius 1 is 1.50 bits per heavy atom. The topological polar surface area (TPSA) is 123 Å². The summed E-state index contributed by atoms with van der Waals surface area (Å²) in [6, 6.07) is 5.19. The third kappa shape index (κ3) is 4.22. The highest BCUT2D eigenvalue weighted by Gasteiger charge is 2.30. The van der Waals surface area contributed by atoms with Crippen LogP contribution in [0.1, 0.15) is 12.0 Å². The first-order chi connectivity index (χ1) is 10.3. The summed E-state index contributed by atoms with van der Waals surface area (Å²) in [5.41, 5.74) is 11.9. The molecule has 0 saturated heterocycles. The molecule has 1 aromatic carbocycles. The number of nitrogens with two attached hydrogens (primary N) is 2. The molecule has 1 aromatic rings. The van der Waals surface area contributed by atoms with Gasteiger partial charge in [-0.1, -0.05) is 29.4 Å². The molecule has 9 heteroatoms. The molecule has 1 aliphatic heterocycles. The number of nitrogens with zero attached hydrogens (tertiary/aromatic N) is 2. The van der Waals surface area contributed by atoms with Crippen molar-refractivity contribution in [3.63, 3.8) is 0 Å². The van der Waals surface area contributed by atoms with Crippen molar-refractivity contribution < 1.29 is 9.59 Å². The highest BCUT2D eigenvalue weighted by molar-refractivity contribution is 8.15. The fraction of sp³-hybridized carbons (Fsp3) is 0.231. The Morgan fingerprint density at radius 3 is 2.86 bits per heavy atom. The highest BCUT2D eigenvalue weighted by atomic mass is 35.5. The number of hydrogen-bond donors (Lipinski definition) is 3. The molecule has 2 amide bonds. The molecule has 0 aromatic heterocycles. The van der Waals surface area contributed by atoms with E-state index in [1.807, 2.05) is 6.92 Å². The lowest BCUT2D eigenvalue weighted by molar-refractivity contribution is -0.121. The molecule has 0 unspecified atom stereocenters. The number of rotatable bonds is 3. The molecule has 0 saturated carbocycles. The number of carbonyl (C=O) groups excluding carboxylic acids is 2. The maximum Gasteiger partial charge on any atom is 0.262 e. The van der Waals surface area contributed by atoms with Crippen molar-refractivity contribution in [1.29, 1.82) is 0 Å². The predicted octanol–water partition coefficient (Wildman–Crippen LogP) is 1.25. The minimum atomic E-state index is -0.626. The molecule has 116 valence electrons. The van der Waals surface area contributed by atoms with E-state index in [9.17, 15) is 9.59 Å². The Kier molecular flexibility index (Phi) is 5.04. The standard InChI is InChI=1S/C13H14ClN5O2S/c1-6-2-3-7(4-8(6)14)17-10(20)5-9-11(21)18-13(22-9)19-12(15)16/h2-4,9H,5H2,1H3,(H,17,20)(H4,15,16,18,19,21)/t9-/m0/s1. The van der Waals surface area contributed by atoms with Gasteiger partial charge in [-0.05, 0) is 24.6 Å². The number of aryl methyl sites for hydroxylation is 1. The average molecular weight is 340 g/mol. The molecule has 0 aliphatic carbocycles. The number of nitrogens with one attached hydrogen (secondary N) is 1. The molecule has 5 N–H and O–H groups in total. The van der Waals surface area contributed by atoms with E-state index in [2.05, 4.69) is 15.3 Å². The minimum Gasteiger partial charge on any atom is -0.370 e. The number of aliphatic imine (C=N–C) groups is 2. The maximum atomic E-state index is 12.0. The van der Waals surface area contributed by atoms with Crippen LogP contribution in [-0.2, 0) is 9.59 Å². The molecule has 1 heterocycles. The second kappa shape index (κ2) is 6.80.